The third-order valence-corrected chi connectivity index (χ3v) is 6.22. The van der Waals surface area contributed by atoms with Gasteiger partial charge in [0.1, 0.15) is 5.82 Å². The first-order valence-electron chi connectivity index (χ1n) is 10.2. The Labute approximate surface area is 179 Å². The minimum atomic E-state index is -0.383. The average Bonchev–Trinajstić information content (AvgIpc) is 3.21. The Hall–Kier alpha value is -2.74. The van der Waals surface area contributed by atoms with Gasteiger partial charge < -0.3 is 5.32 Å². The second kappa shape index (κ2) is 9.84. The second-order valence-corrected chi connectivity index (χ2v) is 8.37. The lowest BCUT2D eigenvalue weighted by Crippen LogP contribution is -2.31. The van der Waals surface area contributed by atoms with E-state index in [1.807, 2.05) is 6.07 Å². The van der Waals surface area contributed by atoms with Crippen molar-refractivity contribution in [3.05, 3.63) is 54.6 Å². The third-order valence-electron chi connectivity index (χ3n) is 5.29. The van der Waals surface area contributed by atoms with Gasteiger partial charge in [-0.05, 0) is 43.0 Å². The van der Waals surface area contributed by atoms with Gasteiger partial charge in [-0.2, -0.15) is 0 Å². The fourth-order valence-corrected chi connectivity index (χ4v) is 4.50. The first-order chi connectivity index (χ1) is 14.7. The molecule has 1 aromatic carbocycles. The topological polar surface area (TPSA) is 72.7 Å². The number of amides is 1. The summed E-state index contributed by atoms with van der Waals surface area (Å²) in [6.45, 7) is 0.723. The molecular formula is C22H24FN5OS. The Kier molecular flexibility index (Phi) is 6.74. The Bertz CT molecular complexity index is 988. The summed E-state index contributed by atoms with van der Waals surface area (Å²) in [5.74, 6) is 0.833. The molecule has 6 nitrogen and oxygen atoms in total. The van der Waals surface area contributed by atoms with Crippen LogP contribution in [0.3, 0.4) is 0 Å². The molecule has 2 heterocycles. The van der Waals surface area contributed by atoms with Crippen LogP contribution >= 0.6 is 11.8 Å². The summed E-state index contributed by atoms with van der Waals surface area (Å²) in [6.07, 6.45) is 9.49. The number of halogens is 1. The number of pyridine rings is 1. The van der Waals surface area contributed by atoms with Crippen molar-refractivity contribution in [2.45, 2.75) is 37.3 Å². The molecule has 30 heavy (non-hydrogen) atoms. The molecular weight excluding hydrogens is 401 g/mol. The number of carbonyl (C=O) groups excluding carboxylic acids is 1. The highest BCUT2D eigenvalue weighted by molar-refractivity contribution is 7.99. The minimum absolute atomic E-state index is 0.0448. The summed E-state index contributed by atoms with van der Waals surface area (Å²) in [5, 5.41) is 12.0. The van der Waals surface area contributed by atoms with E-state index in [4.69, 9.17) is 0 Å². The van der Waals surface area contributed by atoms with Gasteiger partial charge in [0.25, 0.3) is 0 Å². The van der Waals surface area contributed by atoms with Crippen LogP contribution in [-0.4, -0.2) is 38.0 Å². The molecule has 2 aromatic heterocycles. The molecule has 0 spiro atoms. The number of rotatable bonds is 7. The Balaban J connectivity index is 1.51. The monoisotopic (exact) mass is 425 g/mol. The van der Waals surface area contributed by atoms with Crippen molar-refractivity contribution in [3.8, 4) is 17.1 Å². The van der Waals surface area contributed by atoms with E-state index in [9.17, 15) is 9.18 Å². The van der Waals surface area contributed by atoms with Crippen LogP contribution in [0.1, 0.15) is 32.1 Å². The summed E-state index contributed by atoms with van der Waals surface area (Å²) in [5.41, 5.74) is 1.06. The van der Waals surface area contributed by atoms with Crippen LogP contribution in [0.4, 0.5) is 4.39 Å². The molecule has 1 aliphatic carbocycles. The number of aromatic nitrogens is 4. The molecule has 4 rings (SSSR count). The number of nitrogens with one attached hydrogen (secondary N) is 1. The lowest BCUT2D eigenvalue weighted by atomic mass is 9.89. The van der Waals surface area contributed by atoms with Crippen LogP contribution in [0.5, 0.6) is 0 Å². The van der Waals surface area contributed by atoms with E-state index in [2.05, 4.69) is 20.5 Å². The molecule has 1 amide bonds. The van der Waals surface area contributed by atoms with Gasteiger partial charge in [-0.15, -0.1) is 10.2 Å². The molecule has 8 heteroatoms. The fraction of sp³-hybridized carbons (Fsp3) is 0.364. The van der Waals surface area contributed by atoms with Crippen molar-refractivity contribution in [1.29, 1.82) is 0 Å². The molecule has 0 atom stereocenters. The molecule has 0 saturated heterocycles. The normalized spacial score (nSPS) is 14.6. The maximum absolute atomic E-state index is 14.6. The van der Waals surface area contributed by atoms with Crippen LogP contribution < -0.4 is 5.32 Å². The van der Waals surface area contributed by atoms with E-state index in [0.29, 0.717) is 22.6 Å². The van der Waals surface area contributed by atoms with Gasteiger partial charge >= 0.3 is 0 Å². The average molecular weight is 426 g/mol. The van der Waals surface area contributed by atoms with E-state index >= 15 is 0 Å². The lowest BCUT2D eigenvalue weighted by Gasteiger charge is -2.21. The molecule has 1 fully saturated rings. The molecule has 0 unspecified atom stereocenters. The van der Waals surface area contributed by atoms with Crippen molar-refractivity contribution >= 4 is 17.7 Å². The maximum Gasteiger partial charge on any atom is 0.230 e. The summed E-state index contributed by atoms with van der Waals surface area (Å²) < 4.78 is 16.2. The highest BCUT2D eigenvalue weighted by Crippen LogP contribution is 2.29. The molecule has 1 aliphatic rings. The number of para-hydroxylation sites is 1. The number of hydrogen-bond acceptors (Lipinski definition) is 5. The quantitative estimate of drug-likeness (QED) is 0.573. The van der Waals surface area contributed by atoms with Gasteiger partial charge in [-0.25, -0.2) is 4.39 Å². The molecule has 1 saturated carbocycles. The maximum atomic E-state index is 14.6. The lowest BCUT2D eigenvalue weighted by molar-refractivity contribution is -0.118. The highest BCUT2D eigenvalue weighted by Gasteiger charge is 2.20. The fourth-order valence-electron chi connectivity index (χ4n) is 3.73. The molecule has 3 aromatic rings. The summed E-state index contributed by atoms with van der Waals surface area (Å²) in [7, 11) is 0. The predicted molar refractivity (Wildman–Crippen MR) is 115 cm³/mol. The van der Waals surface area contributed by atoms with Crippen LogP contribution in [0.15, 0.2) is 53.9 Å². The van der Waals surface area contributed by atoms with Gasteiger partial charge in [0, 0.05) is 24.5 Å². The van der Waals surface area contributed by atoms with E-state index in [0.717, 1.165) is 12.1 Å². The van der Waals surface area contributed by atoms with Gasteiger partial charge in [0.2, 0.25) is 5.91 Å². The van der Waals surface area contributed by atoms with E-state index in [-0.39, 0.29) is 17.5 Å². The van der Waals surface area contributed by atoms with Crippen molar-refractivity contribution in [3.63, 3.8) is 0 Å². The SMILES string of the molecule is O=C(CSc1nnc(-c2cccnc2)n1-c1ccccc1F)NCC1CCCCC1. The van der Waals surface area contributed by atoms with Gasteiger partial charge in [0.15, 0.2) is 11.0 Å². The zero-order valence-electron chi connectivity index (χ0n) is 16.6. The Morgan fingerprint density at radius 3 is 2.73 bits per heavy atom. The molecule has 1 N–H and O–H groups in total. The number of hydrogen-bond donors (Lipinski definition) is 1. The van der Waals surface area contributed by atoms with Crippen LogP contribution in [0.2, 0.25) is 0 Å². The Morgan fingerprint density at radius 1 is 1.13 bits per heavy atom. The smallest absolute Gasteiger partial charge is 0.230 e. The van der Waals surface area contributed by atoms with Crippen molar-refractivity contribution in [1.82, 2.24) is 25.1 Å². The van der Waals surface area contributed by atoms with E-state index in [1.54, 1.807) is 41.2 Å². The third kappa shape index (κ3) is 4.87. The predicted octanol–water partition coefficient (Wildman–Crippen LogP) is 4.26. The van der Waals surface area contributed by atoms with Crippen molar-refractivity contribution in [2.24, 2.45) is 5.92 Å². The van der Waals surface area contributed by atoms with Crippen molar-refractivity contribution in [2.75, 3.05) is 12.3 Å². The summed E-state index contributed by atoms with van der Waals surface area (Å²) >= 11 is 1.25. The molecule has 0 aliphatic heterocycles. The van der Waals surface area contributed by atoms with Crippen LogP contribution in [0, 0.1) is 11.7 Å². The first kappa shape index (κ1) is 20.5. The molecule has 156 valence electrons. The number of nitrogens with zero attached hydrogens (tertiary/aromatic N) is 4. The van der Waals surface area contributed by atoms with Crippen LogP contribution in [0.25, 0.3) is 17.1 Å². The zero-order valence-corrected chi connectivity index (χ0v) is 17.4. The highest BCUT2D eigenvalue weighted by atomic mass is 32.2. The minimum Gasteiger partial charge on any atom is -0.355 e. The van der Waals surface area contributed by atoms with Gasteiger partial charge in [0.05, 0.1) is 11.4 Å². The van der Waals surface area contributed by atoms with Crippen LogP contribution in [-0.2, 0) is 4.79 Å². The first-order valence-corrected chi connectivity index (χ1v) is 11.2. The summed E-state index contributed by atoms with van der Waals surface area (Å²) in [6, 6.07) is 10.1. The largest absolute Gasteiger partial charge is 0.355 e. The summed E-state index contributed by atoms with van der Waals surface area (Å²) in [4.78, 5) is 16.5. The standard InChI is InChI=1S/C22H24FN5OS/c23-18-10-4-5-11-19(18)28-21(17-9-6-12-24-14-17)26-27-22(28)30-15-20(29)25-13-16-7-2-1-3-8-16/h4-6,9-12,14,16H,1-3,7-8,13,15H2,(H,25,29). The van der Waals surface area contributed by atoms with Crippen molar-refractivity contribution < 1.29 is 9.18 Å². The number of thioether (sulfide) groups is 1. The Morgan fingerprint density at radius 2 is 1.97 bits per heavy atom. The number of benzene rings is 1. The number of carbonyl (C=O) groups is 1. The van der Waals surface area contributed by atoms with Gasteiger partial charge in [-0.3, -0.25) is 14.3 Å². The zero-order chi connectivity index (χ0) is 20.8. The van der Waals surface area contributed by atoms with Gasteiger partial charge in [-0.1, -0.05) is 43.2 Å². The van der Waals surface area contributed by atoms with E-state index < -0.39 is 0 Å². The van der Waals surface area contributed by atoms with E-state index in [1.165, 1.54) is 49.9 Å². The second-order valence-electron chi connectivity index (χ2n) is 7.43. The molecule has 0 bridgehead atoms. The molecule has 0 radical (unpaired) electrons.